The van der Waals surface area contributed by atoms with E-state index in [1.54, 1.807) is 0 Å². The van der Waals surface area contributed by atoms with Crippen molar-refractivity contribution in [2.75, 3.05) is 29.6 Å². The molecule has 2 aromatic rings. The van der Waals surface area contributed by atoms with E-state index in [9.17, 15) is 4.79 Å². The van der Waals surface area contributed by atoms with Crippen LogP contribution in [-0.4, -0.2) is 25.3 Å². The van der Waals surface area contributed by atoms with Gasteiger partial charge in [-0.1, -0.05) is 15.9 Å². The third-order valence-electron chi connectivity index (χ3n) is 3.73. The van der Waals surface area contributed by atoms with Crippen molar-refractivity contribution < 1.29 is 4.79 Å². The first-order valence-electron chi connectivity index (χ1n) is 7.10. The highest BCUT2D eigenvalue weighted by Gasteiger charge is 2.16. The lowest BCUT2D eigenvalue weighted by Crippen LogP contribution is -2.24. The zero-order valence-corrected chi connectivity index (χ0v) is 14.9. The number of aryl methyl sites for hydroxylation is 1. The molecule has 0 atom stereocenters. The number of nitrogens with zero attached hydrogens (tertiary/aromatic N) is 1. The summed E-state index contributed by atoms with van der Waals surface area (Å²) in [7, 11) is 2.07. The summed E-state index contributed by atoms with van der Waals surface area (Å²) in [5.41, 5.74) is 3.73. The van der Waals surface area contributed by atoms with E-state index in [2.05, 4.69) is 33.2 Å². The maximum Gasteiger partial charge on any atom is 0.255 e. The summed E-state index contributed by atoms with van der Waals surface area (Å²) in [5.74, 6) is 1.02. The smallest absolute Gasteiger partial charge is 0.255 e. The maximum atomic E-state index is 12.5. The van der Waals surface area contributed by atoms with E-state index in [1.807, 2.05) is 55.1 Å². The summed E-state index contributed by atoms with van der Waals surface area (Å²) in [5, 5.41) is 2.96. The largest absolute Gasteiger partial charge is 0.373 e. The zero-order chi connectivity index (χ0) is 15.7. The Bertz CT molecular complexity index is 733. The van der Waals surface area contributed by atoms with Crippen molar-refractivity contribution in [1.29, 1.82) is 0 Å². The lowest BCUT2D eigenvalue weighted by molar-refractivity contribution is 0.102. The molecule has 0 unspecified atom stereocenters. The highest BCUT2D eigenvalue weighted by Crippen LogP contribution is 2.34. The molecule has 0 spiro atoms. The second kappa shape index (κ2) is 6.34. The topological polar surface area (TPSA) is 32.3 Å². The number of carbonyl (C=O) groups is 1. The fourth-order valence-corrected chi connectivity index (χ4v) is 3.78. The van der Waals surface area contributed by atoms with Crippen LogP contribution in [0.3, 0.4) is 0 Å². The van der Waals surface area contributed by atoms with Crippen molar-refractivity contribution in [2.45, 2.75) is 11.8 Å². The van der Waals surface area contributed by atoms with Gasteiger partial charge in [0.05, 0.1) is 5.69 Å². The maximum absolute atomic E-state index is 12.5. The van der Waals surface area contributed by atoms with Crippen LogP contribution in [0, 0.1) is 6.92 Å². The Kier molecular flexibility index (Phi) is 4.45. The lowest BCUT2D eigenvalue weighted by Gasteiger charge is -2.27. The molecule has 114 valence electrons. The Hall–Kier alpha value is -1.46. The van der Waals surface area contributed by atoms with E-state index < -0.39 is 0 Å². The standard InChI is InChI=1S/C17H17BrN2OS/c1-11-9-13(4-5-14(11)18)19-17(21)12-3-6-16-15(10-12)20(2)7-8-22-16/h3-6,9-10H,7-8H2,1-2H3,(H,19,21). The number of hydrogen-bond acceptors (Lipinski definition) is 3. The van der Waals surface area contributed by atoms with Crippen LogP contribution in [0.2, 0.25) is 0 Å². The van der Waals surface area contributed by atoms with E-state index in [0.717, 1.165) is 33.7 Å². The molecule has 1 amide bonds. The van der Waals surface area contributed by atoms with Crippen LogP contribution in [-0.2, 0) is 0 Å². The van der Waals surface area contributed by atoms with E-state index in [-0.39, 0.29) is 5.91 Å². The van der Waals surface area contributed by atoms with E-state index in [4.69, 9.17) is 0 Å². The summed E-state index contributed by atoms with van der Waals surface area (Å²) < 4.78 is 1.04. The molecule has 0 saturated carbocycles. The normalized spacial score (nSPS) is 13.7. The Labute approximate surface area is 143 Å². The number of fused-ring (bicyclic) bond motifs is 1. The van der Waals surface area contributed by atoms with Gasteiger partial charge in [0, 0.05) is 40.0 Å². The van der Waals surface area contributed by atoms with Gasteiger partial charge in [0.25, 0.3) is 5.91 Å². The second-order valence-corrected chi connectivity index (χ2v) is 7.36. The summed E-state index contributed by atoms with van der Waals surface area (Å²) >= 11 is 5.31. The number of amides is 1. The number of anilines is 2. The van der Waals surface area contributed by atoms with Crippen LogP contribution in [0.5, 0.6) is 0 Å². The Morgan fingerprint density at radius 2 is 2.09 bits per heavy atom. The highest BCUT2D eigenvalue weighted by atomic mass is 79.9. The molecule has 5 heteroatoms. The monoisotopic (exact) mass is 376 g/mol. The number of halogens is 1. The van der Waals surface area contributed by atoms with Crippen molar-refractivity contribution >= 4 is 45.0 Å². The van der Waals surface area contributed by atoms with Gasteiger partial charge in [-0.25, -0.2) is 0 Å². The van der Waals surface area contributed by atoms with Crippen LogP contribution >= 0.6 is 27.7 Å². The molecule has 22 heavy (non-hydrogen) atoms. The summed E-state index contributed by atoms with van der Waals surface area (Å²) in [4.78, 5) is 15.9. The Morgan fingerprint density at radius 1 is 1.27 bits per heavy atom. The zero-order valence-electron chi connectivity index (χ0n) is 12.5. The van der Waals surface area contributed by atoms with Gasteiger partial charge in [0.15, 0.2) is 0 Å². The Morgan fingerprint density at radius 3 is 2.86 bits per heavy atom. The molecule has 0 radical (unpaired) electrons. The fourth-order valence-electron chi connectivity index (χ4n) is 2.42. The predicted molar refractivity (Wildman–Crippen MR) is 97.3 cm³/mol. The van der Waals surface area contributed by atoms with Gasteiger partial charge in [-0.3, -0.25) is 4.79 Å². The van der Waals surface area contributed by atoms with Crippen LogP contribution in [0.1, 0.15) is 15.9 Å². The first-order chi connectivity index (χ1) is 10.5. The van der Waals surface area contributed by atoms with Crippen molar-refractivity contribution in [3.8, 4) is 0 Å². The fraction of sp³-hybridized carbons (Fsp3) is 0.235. The van der Waals surface area contributed by atoms with Crippen molar-refractivity contribution in [3.05, 3.63) is 52.0 Å². The number of carbonyl (C=O) groups excluding carboxylic acids is 1. The molecule has 0 saturated heterocycles. The van der Waals surface area contributed by atoms with Crippen molar-refractivity contribution in [3.63, 3.8) is 0 Å². The average molecular weight is 377 g/mol. The molecular weight excluding hydrogens is 360 g/mol. The van der Waals surface area contributed by atoms with Gasteiger partial charge in [-0.15, -0.1) is 11.8 Å². The highest BCUT2D eigenvalue weighted by molar-refractivity contribution is 9.10. The minimum atomic E-state index is -0.0755. The summed E-state index contributed by atoms with van der Waals surface area (Å²) in [6.07, 6.45) is 0. The molecule has 0 aromatic heterocycles. The lowest BCUT2D eigenvalue weighted by atomic mass is 10.1. The van der Waals surface area contributed by atoms with Crippen molar-refractivity contribution in [2.24, 2.45) is 0 Å². The summed E-state index contributed by atoms with van der Waals surface area (Å²) in [6.45, 7) is 3.01. The summed E-state index contributed by atoms with van der Waals surface area (Å²) in [6, 6.07) is 11.7. The average Bonchev–Trinajstić information content (AvgIpc) is 2.51. The third kappa shape index (κ3) is 3.15. The number of thioether (sulfide) groups is 1. The minimum absolute atomic E-state index is 0.0755. The van der Waals surface area contributed by atoms with Crippen molar-refractivity contribution in [1.82, 2.24) is 0 Å². The molecular formula is C17H17BrN2OS. The molecule has 0 fully saturated rings. The van der Waals surface area contributed by atoms with Gasteiger partial charge in [0.2, 0.25) is 0 Å². The van der Waals surface area contributed by atoms with Gasteiger partial charge in [-0.05, 0) is 48.9 Å². The third-order valence-corrected chi connectivity index (χ3v) is 5.67. The second-order valence-electron chi connectivity index (χ2n) is 5.37. The first kappa shape index (κ1) is 15.4. The predicted octanol–water partition coefficient (Wildman–Crippen LogP) is 4.55. The first-order valence-corrected chi connectivity index (χ1v) is 8.88. The Balaban J connectivity index is 1.83. The van der Waals surface area contributed by atoms with Crippen LogP contribution in [0.15, 0.2) is 45.8 Å². The number of rotatable bonds is 2. The van der Waals surface area contributed by atoms with E-state index in [0.29, 0.717) is 5.56 Å². The van der Waals surface area contributed by atoms with Crippen LogP contribution < -0.4 is 10.2 Å². The molecule has 0 bridgehead atoms. The molecule has 1 aliphatic rings. The van der Waals surface area contributed by atoms with E-state index in [1.165, 1.54) is 4.90 Å². The quantitative estimate of drug-likeness (QED) is 0.833. The molecule has 1 N–H and O–H groups in total. The molecule has 1 aliphatic heterocycles. The van der Waals surface area contributed by atoms with Gasteiger partial charge >= 0.3 is 0 Å². The van der Waals surface area contributed by atoms with E-state index >= 15 is 0 Å². The minimum Gasteiger partial charge on any atom is -0.373 e. The molecule has 1 heterocycles. The number of nitrogens with one attached hydrogen (secondary N) is 1. The van der Waals surface area contributed by atoms with Gasteiger partial charge in [-0.2, -0.15) is 0 Å². The van der Waals surface area contributed by atoms with Crippen LogP contribution in [0.4, 0.5) is 11.4 Å². The van der Waals surface area contributed by atoms with Crippen LogP contribution in [0.25, 0.3) is 0 Å². The van der Waals surface area contributed by atoms with Gasteiger partial charge in [0.1, 0.15) is 0 Å². The molecule has 3 nitrogen and oxygen atoms in total. The molecule has 3 rings (SSSR count). The van der Waals surface area contributed by atoms with Gasteiger partial charge < -0.3 is 10.2 Å². The SMILES string of the molecule is Cc1cc(NC(=O)c2ccc3c(c2)N(C)CCS3)ccc1Br. The number of benzene rings is 2. The molecule has 2 aromatic carbocycles. The molecule has 0 aliphatic carbocycles. The number of hydrogen-bond donors (Lipinski definition) is 1.